The molecule has 0 aliphatic heterocycles. The quantitative estimate of drug-likeness (QED) is 0.695. The van der Waals surface area contributed by atoms with Crippen molar-refractivity contribution >= 4 is 11.9 Å². The molecule has 0 fully saturated rings. The zero-order valence-corrected chi connectivity index (χ0v) is 11.3. The van der Waals surface area contributed by atoms with Gasteiger partial charge in [-0.05, 0) is 19.2 Å². The molecule has 1 rings (SSSR count). The second-order valence-electron chi connectivity index (χ2n) is 4.08. The molecule has 0 atom stereocenters. The minimum Gasteiger partial charge on any atom is -0.476 e. The van der Waals surface area contributed by atoms with Gasteiger partial charge in [0.15, 0.2) is 5.69 Å². The number of likely N-dealkylation sites (N-methyl/N-ethyl adjacent to an activating group) is 1. The van der Waals surface area contributed by atoms with Crippen molar-refractivity contribution in [3.05, 3.63) is 18.0 Å². The minimum atomic E-state index is -1.10. The Bertz CT molecular complexity index is 426. The van der Waals surface area contributed by atoms with Gasteiger partial charge >= 0.3 is 5.97 Å². The highest BCUT2D eigenvalue weighted by Gasteiger charge is 2.09. The van der Waals surface area contributed by atoms with E-state index in [-0.39, 0.29) is 18.1 Å². The second kappa shape index (κ2) is 7.52. The topological polar surface area (TPSA) is 87.5 Å². The van der Waals surface area contributed by atoms with Gasteiger partial charge in [-0.2, -0.15) is 5.10 Å². The fraction of sp³-hybridized carbons (Fsp3) is 0.583. The van der Waals surface area contributed by atoms with E-state index < -0.39 is 5.97 Å². The van der Waals surface area contributed by atoms with Crippen molar-refractivity contribution in [1.82, 2.24) is 20.0 Å². The molecule has 7 nitrogen and oxygen atoms in total. The van der Waals surface area contributed by atoms with E-state index >= 15 is 0 Å². The summed E-state index contributed by atoms with van der Waals surface area (Å²) in [6.45, 7) is 7.46. The smallest absolute Gasteiger partial charge is 0.356 e. The van der Waals surface area contributed by atoms with Gasteiger partial charge in [0.05, 0.1) is 0 Å². The molecule has 0 saturated carbocycles. The summed E-state index contributed by atoms with van der Waals surface area (Å²) in [6, 6.07) is 1.37. The van der Waals surface area contributed by atoms with Gasteiger partial charge in [-0.25, -0.2) is 4.79 Å². The average molecular weight is 268 g/mol. The van der Waals surface area contributed by atoms with Gasteiger partial charge in [-0.1, -0.05) is 13.8 Å². The van der Waals surface area contributed by atoms with Crippen molar-refractivity contribution in [2.45, 2.75) is 20.4 Å². The number of aromatic nitrogens is 2. The third kappa shape index (κ3) is 5.09. The zero-order chi connectivity index (χ0) is 14.3. The molecule has 1 aromatic heterocycles. The molecular weight excluding hydrogens is 248 g/mol. The monoisotopic (exact) mass is 268 g/mol. The Labute approximate surface area is 112 Å². The first-order valence-electron chi connectivity index (χ1n) is 6.32. The predicted octanol–water partition coefficient (Wildman–Crippen LogP) is 0.0393. The Morgan fingerprint density at radius 3 is 2.63 bits per heavy atom. The number of rotatable bonds is 8. The number of nitrogens with one attached hydrogen (secondary N) is 1. The van der Waals surface area contributed by atoms with Crippen molar-refractivity contribution in [3.8, 4) is 0 Å². The first kappa shape index (κ1) is 15.2. The molecule has 0 bridgehead atoms. The lowest BCUT2D eigenvalue weighted by molar-refractivity contribution is -0.121. The Kier molecular flexibility index (Phi) is 6.01. The Morgan fingerprint density at radius 2 is 2.11 bits per heavy atom. The lowest BCUT2D eigenvalue weighted by Gasteiger charge is -2.17. The number of hydrogen-bond acceptors (Lipinski definition) is 4. The number of nitrogens with zero attached hydrogens (tertiary/aromatic N) is 3. The third-order valence-electron chi connectivity index (χ3n) is 2.81. The van der Waals surface area contributed by atoms with E-state index in [0.717, 1.165) is 19.6 Å². The number of carboxylic acids is 1. The third-order valence-corrected chi connectivity index (χ3v) is 2.81. The van der Waals surface area contributed by atoms with Crippen LogP contribution in [-0.4, -0.2) is 57.8 Å². The molecule has 0 aliphatic carbocycles. The lowest BCUT2D eigenvalue weighted by atomic mass is 10.4. The van der Waals surface area contributed by atoms with E-state index in [0.29, 0.717) is 6.54 Å². The molecule has 1 heterocycles. The number of aromatic carboxylic acids is 1. The summed E-state index contributed by atoms with van der Waals surface area (Å²) >= 11 is 0. The van der Waals surface area contributed by atoms with Crippen LogP contribution in [0, 0.1) is 0 Å². The molecule has 2 N–H and O–H groups in total. The summed E-state index contributed by atoms with van der Waals surface area (Å²) in [5.74, 6) is -1.27. The van der Waals surface area contributed by atoms with Gasteiger partial charge in [0, 0.05) is 19.3 Å². The summed E-state index contributed by atoms with van der Waals surface area (Å²) < 4.78 is 1.32. The number of carbonyl (C=O) groups excluding carboxylic acids is 1. The van der Waals surface area contributed by atoms with E-state index in [2.05, 4.69) is 29.2 Å². The molecule has 106 valence electrons. The van der Waals surface area contributed by atoms with Crippen LogP contribution in [0.1, 0.15) is 24.3 Å². The van der Waals surface area contributed by atoms with Crippen LogP contribution in [0.5, 0.6) is 0 Å². The standard InChI is InChI=1S/C12H20N4O3/c1-3-15(4-2)8-6-13-11(17)9-16-7-5-10(14-16)12(18)19/h5,7H,3-4,6,8-9H2,1-2H3,(H,13,17)(H,18,19). The van der Waals surface area contributed by atoms with Crippen LogP contribution in [0.4, 0.5) is 0 Å². The number of amides is 1. The van der Waals surface area contributed by atoms with Crippen molar-refractivity contribution in [2.75, 3.05) is 26.2 Å². The van der Waals surface area contributed by atoms with E-state index in [1.165, 1.54) is 16.9 Å². The first-order chi connectivity index (χ1) is 9.06. The van der Waals surface area contributed by atoms with Gasteiger partial charge in [0.25, 0.3) is 0 Å². The van der Waals surface area contributed by atoms with Crippen LogP contribution >= 0.6 is 0 Å². The van der Waals surface area contributed by atoms with Gasteiger partial charge < -0.3 is 15.3 Å². The van der Waals surface area contributed by atoms with Crippen LogP contribution in [0.2, 0.25) is 0 Å². The number of carbonyl (C=O) groups is 2. The highest BCUT2D eigenvalue weighted by molar-refractivity contribution is 5.85. The fourth-order valence-corrected chi connectivity index (χ4v) is 1.66. The van der Waals surface area contributed by atoms with Gasteiger partial charge in [-0.15, -0.1) is 0 Å². The van der Waals surface area contributed by atoms with Crippen molar-refractivity contribution in [2.24, 2.45) is 0 Å². The molecule has 1 amide bonds. The van der Waals surface area contributed by atoms with Gasteiger partial charge in [0.2, 0.25) is 5.91 Å². The van der Waals surface area contributed by atoms with E-state index in [9.17, 15) is 9.59 Å². The number of carboxylic acid groups (broad SMARTS) is 1. The normalized spacial score (nSPS) is 10.7. The SMILES string of the molecule is CCN(CC)CCNC(=O)Cn1ccc(C(=O)O)n1. The maximum Gasteiger partial charge on any atom is 0.356 e. The lowest BCUT2D eigenvalue weighted by Crippen LogP contribution is -2.36. The second-order valence-corrected chi connectivity index (χ2v) is 4.08. The van der Waals surface area contributed by atoms with Crippen molar-refractivity contribution in [3.63, 3.8) is 0 Å². The minimum absolute atomic E-state index is 0.0333. The van der Waals surface area contributed by atoms with Crippen molar-refractivity contribution < 1.29 is 14.7 Å². The summed E-state index contributed by atoms with van der Waals surface area (Å²) in [5, 5.41) is 15.3. The average Bonchev–Trinajstić information content (AvgIpc) is 2.83. The molecule has 0 aromatic carbocycles. The van der Waals surface area contributed by atoms with Gasteiger partial charge in [-0.3, -0.25) is 9.48 Å². The molecule has 7 heteroatoms. The molecule has 0 saturated heterocycles. The van der Waals surface area contributed by atoms with Crippen LogP contribution < -0.4 is 5.32 Å². The Morgan fingerprint density at radius 1 is 1.42 bits per heavy atom. The van der Waals surface area contributed by atoms with Crippen LogP contribution in [-0.2, 0) is 11.3 Å². The summed E-state index contributed by atoms with van der Waals surface area (Å²) in [4.78, 5) is 24.4. The summed E-state index contributed by atoms with van der Waals surface area (Å²) in [5.41, 5.74) is -0.0593. The van der Waals surface area contributed by atoms with E-state index in [4.69, 9.17) is 5.11 Å². The number of hydrogen-bond donors (Lipinski definition) is 2. The molecule has 0 spiro atoms. The predicted molar refractivity (Wildman–Crippen MR) is 70.0 cm³/mol. The maximum atomic E-state index is 11.6. The fourth-order valence-electron chi connectivity index (χ4n) is 1.66. The Balaban J connectivity index is 2.32. The highest BCUT2D eigenvalue weighted by atomic mass is 16.4. The summed E-state index contributed by atoms with van der Waals surface area (Å²) in [6.07, 6.45) is 1.48. The van der Waals surface area contributed by atoms with Crippen LogP contribution in [0.15, 0.2) is 12.3 Å². The molecule has 1 aromatic rings. The van der Waals surface area contributed by atoms with E-state index in [1.54, 1.807) is 0 Å². The van der Waals surface area contributed by atoms with Crippen LogP contribution in [0.3, 0.4) is 0 Å². The van der Waals surface area contributed by atoms with Crippen molar-refractivity contribution in [1.29, 1.82) is 0 Å². The van der Waals surface area contributed by atoms with Gasteiger partial charge in [0.1, 0.15) is 6.54 Å². The molecule has 19 heavy (non-hydrogen) atoms. The highest BCUT2D eigenvalue weighted by Crippen LogP contribution is 1.95. The maximum absolute atomic E-state index is 11.6. The molecule has 0 unspecified atom stereocenters. The largest absolute Gasteiger partial charge is 0.476 e. The van der Waals surface area contributed by atoms with Crippen LogP contribution in [0.25, 0.3) is 0 Å². The molecule has 0 aliphatic rings. The summed E-state index contributed by atoms with van der Waals surface area (Å²) in [7, 11) is 0. The Hall–Kier alpha value is -1.89. The molecule has 0 radical (unpaired) electrons. The van der Waals surface area contributed by atoms with E-state index in [1.807, 2.05) is 0 Å². The first-order valence-corrected chi connectivity index (χ1v) is 6.32. The zero-order valence-electron chi connectivity index (χ0n) is 11.3. The molecular formula is C12H20N4O3.